The van der Waals surface area contributed by atoms with Crippen LogP contribution in [-0.4, -0.2) is 34.0 Å². The highest BCUT2D eigenvalue weighted by Gasteiger charge is 2.63. The van der Waals surface area contributed by atoms with Crippen LogP contribution in [0.1, 0.15) is 80.1 Å². The van der Waals surface area contributed by atoms with Crippen LogP contribution in [0.3, 0.4) is 0 Å². The van der Waals surface area contributed by atoms with Crippen LogP contribution in [0.5, 0.6) is 0 Å². The summed E-state index contributed by atoms with van der Waals surface area (Å²) in [5.41, 5.74) is 0.346. The molecule has 9 unspecified atom stereocenters. The summed E-state index contributed by atoms with van der Waals surface area (Å²) in [4.78, 5) is 12.5. The fourth-order valence-electron chi connectivity index (χ4n) is 7.12. The van der Waals surface area contributed by atoms with Crippen LogP contribution < -0.4 is 0 Å². The van der Waals surface area contributed by atoms with Crippen LogP contribution in [-0.2, 0) is 9.53 Å². The number of hydrogen-bond donors (Lipinski definition) is 2. The molecule has 160 valence electrons. The van der Waals surface area contributed by atoms with Crippen LogP contribution in [0.2, 0.25) is 0 Å². The Balaban J connectivity index is 1.50. The topological polar surface area (TPSA) is 66.8 Å². The molecule has 0 amide bonds. The van der Waals surface area contributed by atoms with Crippen LogP contribution in [0.4, 0.5) is 0 Å². The van der Waals surface area contributed by atoms with Gasteiger partial charge in [-0.3, -0.25) is 4.79 Å². The van der Waals surface area contributed by atoms with Gasteiger partial charge < -0.3 is 14.9 Å². The lowest BCUT2D eigenvalue weighted by Crippen LogP contribution is -2.52. The summed E-state index contributed by atoms with van der Waals surface area (Å²) in [6.07, 6.45) is 4.38. The molecular formula is C24H40O4. The Morgan fingerprint density at radius 3 is 2.18 bits per heavy atom. The molecule has 2 N–H and O–H groups in total. The van der Waals surface area contributed by atoms with Crippen molar-refractivity contribution in [1.29, 1.82) is 0 Å². The van der Waals surface area contributed by atoms with Gasteiger partial charge in [-0.15, -0.1) is 0 Å². The van der Waals surface area contributed by atoms with Gasteiger partial charge in [-0.05, 0) is 60.2 Å². The fraction of sp³-hybridized carbons (Fsp3) is 0.958. The monoisotopic (exact) mass is 392 g/mol. The highest BCUT2D eigenvalue weighted by Crippen LogP contribution is 2.59. The summed E-state index contributed by atoms with van der Waals surface area (Å²) < 4.78 is 6.48. The van der Waals surface area contributed by atoms with E-state index in [1.165, 1.54) is 0 Å². The minimum atomic E-state index is -1.26. The van der Waals surface area contributed by atoms with E-state index in [2.05, 4.69) is 41.5 Å². The van der Waals surface area contributed by atoms with Gasteiger partial charge in [0.2, 0.25) is 0 Å². The van der Waals surface area contributed by atoms with Crippen molar-refractivity contribution in [3.8, 4) is 0 Å². The SMILES string of the molecule is CC(C)(C)CC1C2CC(C1O)C(O)(OC1C3CC(CC3=O)C1CC(C)(C)C)C2. The van der Waals surface area contributed by atoms with Gasteiger partial charge >= 0.3 is 0 Å². The summed E-state index contributed by atoms with van der Waals surface area (Å²) in [7, 11) is 0. The predicted molar refractivity (Wildman–Crippen MR) is 108 cm³/mol. The molecular weight excluding hydrogens is 352 g/mol. The maximum atomic E-state index is 12.5. The molecule has 0 aliphatic heterocycles. The zero-order chi connectivity index (χ0) is 20.6. The summed E-state index contributed by atoms with van der Waals surface area (Å²) in [5, 5.41) is 22.4. The number of carbonyl (C=O) groups excluding carboxylic acids is 1. The second-order valence-electron chi connectivity index (χ2n) is 12.9. The zero-order valence-electron chi connectivity index (χ0n) is 18.6. The number of carbonyl (C=O) groups is 1. The molecule has 4 aliphatic rings. The lowest BCUT2D eigenvalue weighted by molar-refractivity contribution is -0.288. The summed E-state index contributed by atoms with van der Waals surface area (Å²) in [5.74, 6) is 0.108. The number of ether oxygens (including phenoxy) is 1. The van der Waals surface area contributed by atoms with Gasteiger partial charge in [-0.25, -0.2) is 0 Å². The molecule has 4 saturated carbocycles. The summed E-state index contributed by atoms with van der Waals surface area (Å²) in [6.45, 7) is 13.4. The van der Waals surface area contributed by atoms with Crippen LogP contribution >= 0.6 is 0 Å². The molecule has 0 heterocycles. The maximum absolute atomic E-state index is 12.5. The van der Waals surface area contributed by atoms with E-state index < -0.39 is 11.9 Å². The first-order valence-electron chi connectivity index (χ1n) is 11.4. The zero-order valence-corrected chi connectivity index (χ0v) is 18.6. The van der Waals surface area contributed by atoms with Gasteiger partial charge in [0.25, 0.3) is 0 Å². The van der Waals surface area contributed by atoms with E-state index in [-0.39, 0.29) is 34.7 Å². The third-order valence-corrected chi connectivity index (χ3v) is 8.04. The van der Waals surface area contributed by atoms with Gasteiger partial charge in [0, 0.05) is 24.7 Å². The minimum Gasteiger partial charge on any atom is -0.392 e. The van der Waals surface area contributed by atoms with Gasteiger partial charge in [-0.1, -0.05) is 41.5 Å². The number of ketones is 1. The van der Waals surface area contributed by atoms with Gasteiger partial charge in [0.15, 0.2) is 5.79 Å². The van der Waals surface area contributed by atoms with Crippen molar-refractivity contribution in [1.82, 2.24) is 0 Å². The smallest absolute Gasteiger partial charge is 0.171 e. The first kappa shape index (κ1) is 20.8. The molecule has 4 bridgehead atoms. The Morgan fingerprint density at radius 2 is 1.61 bits per heavy atom. The van der Waals surface area contributed by atoms with E-state index in [1.807, 2.05) is 0 Å². The van der Waals surface area contributed by atoms with Crippen molar-refractivity contribution in [2.24, 2.45) is 46.3 Å². The average Bonchev–Trinajstić information content (AvgIpc) is 3.20. The molecule has 0 spiro atoms. The van der Waals surface area contributed by atoms with Crippen molar-refractivity contribution in [2.45, 2.75) is 98.1 Å². The predicted octanol–water partition coefficient (Wildman–Crippen LogP) is 4.17. The van der Waals surface area contributed by atoms with Crippen molar-refractivity contribution in [3.63, 3.8) is 0 Å². The third kappa shape index (κ3) is 3.58. The van der Waals surface area contributed by atoms with Crippen molar-refractivity contribution in [2.75, 3.05) is 0 Å². The van der Waals surface area contributed by atoms with E-state index in [4.69, 9.17) is 4.74 Å². The number of fused-ring (bicyclic) bond motifs is 4. The molecule has 4 heteroatoms. The van der Waals surface area contributed by atoms with Crippen molar-refractivity contribution in [3.05, 3.63) is 0 Å². The average molecular weight is 393 g/mol. The van der Waals surface area contributed by atoms with E-state index in [0.29, 0.717) is 36.4 Å². The number of Topliss-reactive ketones (excluding diaryl/α,β-unsaturated/α-hetero) is 1. The third-order valence-electron chi connectivity index (χ3n) is 8.04. The quantitative estimate of drug-likeness (QED) is 0.705. The molecule has 0 aromatic rings. The Bertz CT molecular complexity index is 627. The highest BCUT2D eigenvalue weighted by molar-refractivity contribution is 5.85. The molecule has 0 aromatic heterocycles. The normalized spacial score (nSPS) is 48.1. The second kappa shape index (κ2) is 6.52. The van der Waals surface area contributed by atoms with Crippen molar-refractivity contribution < 1.29 is 19.7 Å². The first-order valence-corrected chi connectivity index (χ1v) is 11.4. The maximum Gasteiger partial charge on any atom is 0.171 e. The highest BCUT2D eigenvalue weighted by atomic mass is 16.6. The minimum absolute atomic E-state index is 0.0528. The lowest BCUT2D eigenvalue weighted by atomic mass is 9.73. The Morgan fingerprint density at radius 1 is 1.00 bits per heavy atom. The second-order valence-corrected chi connectivity index (χ2v) is 12.9. The van der Waals surface area contributed by atoms with E-state index in [0.717, 1.165) is 25.7 Å². The lowest BCUT2D eigenvalue weighted by Gasteiger charge is -2.45. The largest absolute Gasteiger partial charge is 0.392 e. The van der Waals surface area contributed by atoms with Crippen LogP contribution in [0.25, 0.3) is 0 Å². The number of aliphatic hydroxyl groups excluding tert-OH is 1. The van der Waals surface area contributed by atoms with E-state index in [1.54, 1.807) is 0 Å². The molecule has 28 heavy (non-hydrogen) atoms. The first-order chi connectivity index (χ1) is 12.8. The number of aliphatic hydroxyl groups is 2. The Hall–Kier alpha value is -0.450. The Labute approximate surface area is 170 Å². The standard InChI is InChI=1S/C24H40O4/c1-22(2,3)11-16-14-8-18(20(16)26)24(27,10-14)28-21-15-7-13(9-19(15)25)17(21)12-23(4,5)6/h13-18,20-21,26-27H,7-12H2,1-6H3. The number of rotatable bonds is 4. The van der Waals surface area contributed by atoms with Gasteiger partial charge in [-0.2, -0.15) is 0 Å². The van der Waals surface area contributed by atoms with E-state index >= 15 is 0 Å². The summed E-state index contributed by atoms with van der Waals surface area (Å²) >= 11 is 0. The van der Waals surface area contributed by atoms with Gasteiger partial charge in [0.1, 0.15) is 5.78 Å². The number of hydrogen-bond acceptors (Lipinski definition) is 4. The molecule has 0 aromatic carbocycles. The van der Waals surface area contributed by atoms with Crippen LogP contribution in [0, 0.1) is 46.3 Å². The van der Waals surface area contributed by atoms with Crippen molar-refractivity contribution >= 4 is 5.78 Å². The van der Waals surface area contributed by atoms with Gasteiger partial charge in [0.05, 0.1) is 12.2 Å². The molecule has 9 atom stereocenters. The molecule has 0 saturated heterocycles. The molecule has 4 fully saturated rings. The molecule has 0 radical (unpaired) electrons. The molecule has 4 rings (SSSR count). The summed E-state index contributed by atoms with van der Waals surface area (Å²) in [6, 6.07) is 0. The molecule has 4 nitrogen and oxygen atoms in total. The Kier molecular flexibility index (Phi) is 4.85. The van der Waals surface area contributed by atoms with E-state index in [9.17, 15) is 15.0 Å². The fourth-order valence-corrected chi connectivity index (χ4v) is 7.12. The van der Waals surface area contributed by atoms with Crippen LogP contribution in [0.15, 0.2) is 0 Å². The molecule has 4 aliphatic carbocycles.